The van der Waals surface area contributed by atoms with Crippen molar-refractivity contribution in [2.75, 3.05) is 27.9 Å². The molecule has 2 unspecified atom stereocenters. The molecule has 1 fully saturated rings. The Bertz CT molecular complexity index is 792. The molecule has 0 saturated heterocycles. The molecule has 2 atom stereocenters. The van der Waals surface area contributed by atoms with E-state index in [4.69, 9.17) is 14.2 Å². The first-order valence-corrected chi connectivity index (χ1v) is 10.1. The van der Waals surface area contributed by atoms with Crippen LogP contribution in [-0.4, -0.2) is 39.7 Å². The predicted molar refractivity (Wildman–Crippen MR) is 110 cm³/mol. The number of halogens is 1. The maximum atomic E-state index is 12.9. The van der Waals surface area contributed by atoms with Crippen LogP contribution in [0.5, 0.6) is 5.75 Å². The molecule has 0 heterocycles. The van der Waals surface area contributed by atoms with Gasteiger partial charge in [0.15, 0.2) is 0 Å². The smallest absolute Gasteiger partial charge is 0.312 e. The highest BCUT2D eigenvalue weighted by atomic mass is 79.9. The van der Waals surface area contributed by atoms with E-state index in [9.17, 15) is 9.59 Å². The van der Waals surface area contributed by atoms with Crippen LogP contribution < -0.4 is 4.74 Å². The summed E-state index contributed by atoms with van der Waals surface area (Å²) in [6.07, 6.45) is 2.45. The summed E-state index contributed by atoms with van der Waals surface area (Å²) >= 11 is 3.53. The molecule has 28 heavy (non-hydrogen) atoms. The minimum Gasteiger partial charge on any atom is -0.496 e. The summed E-state index contributed by atoms with van der Waals surface area (Å²) in [6.45, 7) is 2.36. The third-order valence-electron chi connectivity index (χ3n) is 5.28. The van der Waals surface area contributed by atoms with Crippen molar-refractivity contribution in [2.24, 2.45) is 11.3 Å². The molecule has 0 aliphatic heterocycles. The molecule has 5 nitrogen and oxygen atoms in total. The minimum atomic E-state index is -0.762. The molecule has 0 radical (unpaired) electrons. The highest BCUT2D eigenvalue weighted by Crippen LogP contribution is 2.46. The molecule has 0 N–H and O–H groups in total. The fraction of sp³-hybridized carbons (Fsp3) is 0.545. The zero-order valence-corrected chi connectivity index (χ0v) is 18.5. The van der Waals surface area contributed by atoms with E-state index in [2.05, 4.69) is 27.8 Å². The molecule has 1 aliphatic rings. The van der Waals surface area contributed by atoms with E-state index in [0.29, 0.717) is 25.2 Å². The Hall–Kier alpha value is -1.84. The topological polar surface area (TPSA) is 61.8 Å². The Morgan fingerprint density at radius 3 is 2.64 bits per heavy atom. The van der Waals surface area contributed by atoms with Gasteiger partial charge in [-0.25, -0.2) is 0 Å². The Balaban J connectivity index is 2.21. The number of esters is 1. The van der Waals surface area contributed by atoms with E-state index >= 15 is 0 Å². The molecule has 1 aromatic carbocycles. The Labute approximate surface area is 175 Å². The zero-order chi connectivity index (χ0) is 20.7. The van der Waals surface area contributed by atoms with Crippen LogP contribution in [0.25, 0.3) is 0 Å². The number of carbonyl (C=O) groups excluding carboxylic acids is 2. The molecule has 152 valence electrons. The van der Waals surface area contributed by atoms with Crippen molar-refractivity contribution in [3.63, 3.8) is 0 Å². The van der Waals surface area contributed by atoms with Gasteiger partial charge in [-0.15, -0.1) is 5.92 Å². The first-order chi connectivity index (χ1) is 13.4. The summed E-state index contributed by atoms with van der Waals surface area (Å²) in [5, 5.41) is 0. The van der Waals surface area contributed by atoms with Crippen LogP contribution in [0.15, 0.2) is 16.6 Å². The summed E-state index contributed by atoms with van der Waals surface area (Å²) in [5.41, 5.74) is 0.815. The van der Waals surface area contributed by atoms with Crippen LogP contribution in [0.1, 0.15) is 43.7 Å². The maximum absolute atomic E-state index is 12.9. The van der Waals surface area contributed by atoms with Crippen molar-refractivity contribution in [1.29, 1.82) is 0 Å². The van der Waals surface area contributed by atoms with E-state index in [1.807, 2.05) is 12.1 Å². The highest BCUT2D eigenvalue weighted by Gasteiger charge is 2.47. The highest BCUT2D eigenvalue weighted by molar-refractivity contribution is 9.10. The monoisotopic (exact) mass is 450 g/mol. The van der Waals surface area contributed by atoms with Crippen molar-refractivity contribution >= 4 is 27.7 Å². The van der Waals surface area contributed by atoms with E-state index < -0.39 is 5.41 Å². The van der Waals surface area contributed by atoms with Gasteiger partial charge in [-0.1, -0.05) is 21.9 Å². The molecule has 1 aliphatic carbocycles. The van der Waals surface area contributed by atoms with Crippen LogP contribution in [0, 0.1) is 23.2 Å². The lowest BCUT2D eigenvalue weighted by atomic mass is 9.79. The van der Waals surface area contributed by atoms with Crippen molar-refractivity contribution in [1.82, 2.24) is 0 Å². The third kappa shape index (κ3) is 5.15. The second-order valence-electron chi connectivity index (χ2n) is 7.24. The van der Waals surface area contributed by atoms with Gasteiger partial charge in [0.2, 0.25) is 0 Å². The number of rotatable bonds is 8. The number of hydrogen-bond acceptors (Lipinski definition) is 5. The van der Waals surface area contributed by atoms with Crippen LogP contribution >= 0.6 is 15.9 Å². The number of carbonyl (C=O) groups is 2. The normalized spacial score (nSPS) is 21.0. The molecule has 0 bridgehead atoms. The molecule has 2 rings (SSSR count). The number of Topliss-reactive ketones (excluding diaryl/α,β-unsaturated/α-hetero) is 1. The summed E-state index contributed by atoms with van der Waals surface area (Å²) in [7, 11) is 4.60. The third-order valence-corrected chi connectivity index (χ3v) is 5.99. The van der Waals surface area contributed by atoms with Gasteiger partial charge in [0.25, 0.3) is 0 Å². The Kier molecular flexibility index (Phi) is 8.09. The molecule has 0 spiro atoms. The zero-order valence-electron chi connectivity index (χ0n) is 16.9. The fourth-order valence-electron chi connectivity index (χ4n) is 4.07. The van der Waals surface area contributed by atoms with Gasteiger partial charge in [-0.2, -0.15) is 0 Å². The first-order valence-electron chi connectivity index (χ1n) is 9.27. The minimum absolute atomic E-state index is 0.0169. The van der Waals surface area contributed by atoms with Gasteiger partial charge in [-0.3, -0.25) is 9.59 Å². The molecule has 6 heteroatoms. The average Bonchev–Trinajstić information content (AvgIpc) is 3.07. The number of hydrogen-bond donors (Lipinski definition) is 0. The first kappa shape index (κ1) is 22.4. The number of benzene rings is 1. The quantitative estimate of drug-likeness (QED) is 0.443. The second-order valence-corrected chi connectivity index (χ2v) is 8.10. The van der Waals surface area contributed by atoms with Crippen molar-refractivity contribution in [3.8, 4) is 17.6 Å². The molecule has 1 saturated carbocycles. The van der Waals surface area contributed by atoms with Gasteiger partial charge < -0.3 is 14.2 Å². The molecule has 0 aromatic heterocycles. The average molecular weight is 451 g/mol. The number of ether oxygens (including phenoxy) is 3. The second kappa shape index (κ2) is 10.1. The van der Waals surface area contributed by atoms with E-state index in [1.54, 1.807) is 21.1 Å². The largest absolute Gasteiger partial charge is 0.496 e. The predicted octanol–water partition coefficient (Wildman–Crippen LogP) is 3.94. The molecular weight excluding hydrogens is 424 g/mol. The van der Waals surface area contributed by atoms with Crippen molar-refractivity contribution in [2.45, 2.75) is 39.0 Å². The summed E-state index contributed by atoms with van der Waals surface area (Å²) in [5.74, 6) is 6.40. The summed E-state index contributed by atoms with van der Waals surface area (Å²) in [6, 6.07) is 3.70. The maximum Gasteiger partial charge on any atom is 0.312 e. The van der Waals surface area contributed by atoms with Crippen LogP contribution in [0.2, 0.25) is 0 Å². The van der Waals surface area contributed by atoms with Gasteiger partial charge in [0.1, 0.15) is 11.5 Å². The Morgan fingerprint density at radius 2 is 2.04 bits per heavy atom. The van der Waals surface area contributed by atoms with Gasteiger partial charge in [0.05, 0.1) is 19.6 Å². The van der Waals surface area contributed by atoms with Crippen LogP contribution in [0.4, 0.5) is 0 Å². The number of methoxy groups -OCH3 is 3. The van der Waals surface area contributed by atoms with Gasteiger partial charge in [0, 0.05) is 42.2 Å². The van der Waals surface area contributed by atoms with Crippen LogP contribution in [-0.2, 0) is 25.5 Å². The fourth-order valence-corrected chi connectivity index (χ4v) is 4.65. The summed E-state index contributed by atoms with van der Waals surface area (Å²) in [4.78, 5) is 25.5. The standard InChI is InChI=1S/C22H27BrO5/c1-5-6-15-9-19(23)18(20(10-15)27-3)11-17(24)13-22(21(25)28-4)8-7-16(12-22)14-26-2/h9-10,16H,7-8,11-14H2,1-4H3. The van der Waals surface area contributed by atoms with Gasteiger partial charge >= 0.3 is 5.97 Å². The lowest BCUT2D eigenvalue weighted by molar-refractivity contribution is -0.155. The molecular formula is C22H27BrO5. The summed E-state index contributed by atoms with van der Waals surface area (Å²) < 4.78 is 16.5. The molecule has 1 aromatic rings. The lowest BCUT2D eigenvalue weighted by Crippen LogP contribution is -2.33. The SMILES string of the molecule is CC#Cc1cc(Br)c(CC(=O)CC2(C(=O)OC)CCC(COC)C2)c(OC)c1. The Morgan fingerprint density at radius 1 is 1.29 bits per heavy atom. The lowest BCUT2D eigenvalue weighted by Gasteiger charge is -2.26. The van der Waals surface area contributed by atoms with Crippen molar-refractivity contribution < 1.29 is 23.8 Å². The van der Waals surface area contributed by atoms with Crippen LogP contribution in [0.3, 0.4) is 0 Å². The van der Waals surface area contributed by atoms with E-state index in [1.165, 1.54) is 7.11 Å². The van der Waals surface area contributed by atoms with Gasteiger partial charge in [-0.05, 0) is 44.2 Å². The molecule has 0 amide bonds. The van der Waals surface area contributed by atoms with E-state index in [-0.39, 0.29) is 30.5 Å². The number of ketones is 1. The van der Waals surface area contributed by atoms with E-state index in [0.717, 1.165) is 22.0 Å². The van der Waals surface area contributed by atoms with Crippen molar-refractivity contribution in [3.05, 3.63) is 27.7 Å².